The van der Waals surface area contributed by atoms with E-state index in [0.29, 0.717) is 19.3 Å². The highest BCUT2D eigenvalue weighted by atomic mass is 16.5. The van der Waals surface area contributed by atoms with Crippen LogP contribution in [0.15, 0.2) is 6.20 Å². The van der Waals surface area contributed by atoms with Crippen LogP contribution in [-0.2, 0) is 11.8 Å². The summed E-state index contributed by atoms with van der Waals surface area (Å²) in [5.41, 5.74) is -0.795. The molecule has 2 N–H and O–H groups in total. The quantitative estimate of drug-likeness (QED) is 0.726. The van der Waals surface area contributed by atoms with Crippen molar-refractivity contribution in [2.24, 2.45) is 6.98 Å². The van der Waals surface area contributed by atoms with Gasteiger partial charge < -0.3 is 15.2 Å². The van der Waals surface area contributed by atoms with E-state index in [-0.39, 0.29) is 11.6 Å². The largest absolute Gasteiger partial charge is 0.469 e. The minimum atomic E-state index is -2.46. The Hall–Kier alpha value is -1.56. The average molecular weight is 228 g/mol. The van der Waals surface area contributed by atoms with Gasteiger partial charge in [-0.25, -0.2) is 0 Å². The lowest BCUT2D eigenvalue weighted by atomic mass is 9.79. The average Bonchev–Trinajstić information content (AvgIpc) is 2.68. The summed E-state index contributed by atoms with van der Waals surface area (Å²) in [6.45, 7) is -0.822. The maximum Gasteiger partial charge on any atom is 0.257 e. The van der Waals surface area contributed by atoms with Crippen LogP contribution in [0.2, 0.25) is 0 Å². The van der Waals surface area contributed by atoms with E-state index in [0.717, 1.165) is 4.68 Å². The van der Waals surface area contributed by atoms with E-state index in [1.165, 1.54) is 6.20 Å². The Morgan fingerprint density at radius 1 is 1.94 bits per heavy atom. The maximum absolute atomic E-state index is 10.5. The molecule has 1 aliphatic carbocycles. The maximum atomic E-state index is 10.5. The fourth-order valence-electron chi connectivity index (χ4n) is 1.61. The van der Waals surface area contributed by atoms with Crippen molar-refractivity contribution in [1.29, 1.82) is 0 Å². The molecule has 0 aromatic carbocycles. The van der Waals surface area contributed by atoms with Gasteiger partial charge >= 0.3 is 0 Å². The summed E-state index contributed by atoms with van der Waals surface area (Å²) in [6, 6.07) is 0. The van der Waals surface area contributed by atoms with Gasteiger partial charge in [-0.1, -0.05) is 0 Å². The van der Waals surface area contributed by atoms with Crippen molar-refractivity contribution in [3.05, 3.63) is 6.20 Å². The van der Waals surface area contributed by atoms with Gasteiger partial charge in [-0.15, -0.1) is 5.10 Å². The van der Waals surface area contributed by atoms with Crippen LogP contribution in [0.3, 0.4) is 0 Å². The molecule has 0 unspecified atom stereocenters. The molecule has 1 aliphatic rings. The second kappa shape index (κ2) is 3.79. The number of aromatic nitrogens is 2. The van der Waals surface area contributed by atoms with Gasteiger partial charge in [0, 0.05) is 11.1 Å². The Labute approximate surface area is 97.4 Å². The van der Waals surface area contributed by atoms with Crippen LogP contribution in [0, 0.1) is 0 Å². The number of aliphatic hydroxyl groups is 1. The first kappa shape index (κ1) is 7.67. The van der Waals surface area contributed by atoms with Crippen LogP contribution in [-0.4, -0.2) is 33.0 Å². The molecule has 6 nitrogen and oxygen atoms in total. The van der Waals surface area contributed by atoms with E-state index >= 15 is 0 Å². The molecule has 2 rings (SSSR count). The van der Waals surface area contributed by atoms with Gasteiger partial charge in [-0.05, 0) is 19.8 Å². The van der Waals surface area contributed by atoms with Gasteiger partial charge in [-0.2, -0.15) is 0 Å². The molecule has 1 amide bonds. The zero-order valence-corrected chi connectivity index (χ0v) is 8.80. The van der Waals surface area contributed by atoms with Crippen molar-refractivity contribution in [3.63, 3.8) is 0 Å². The van der Waals surface area contributed by atoms with E-state index in [9.17, 15) is 9.90 Å². The summed E-state index contributed by atoms with van der Waals surface area (Å²) in [5, 5.41) is 16.0. The summed E-state index contributed by atoms with van der Waals surface area (Å²) in [7, 11) is 0. The Morgan fingerprint density at radius 3 is 3.25 bits per heavy atom. The molecule has 2 atom stereocenters. The van der Waals surface area contributed by atoms with Crippen molar-refractivity contribution in [1.82, 2.24) is 9.78 Å². The van der Waals surface area contributed by atoms with E-state index in [4.69, 9.17) is 8.85 Å². The number of nitrogens with one attached hydrogen (secondary N) is 1. The monoisotopic (exact) mass is 228 g/mol. The first-order chi connectivity index (χ1) is 8.74. The lowest BCUT2D eigenvalue weighted by Crippen LogP contribution is -2.52. The Bertz CT molecular complexity index is 484. The van der Waals surface area contributed by atoms with Crippen LogP contribution in [0.4, 0.5) is 5.69 Å². The van der Waals surface area contributed by atoms with Crippen LogP contribution in [0.1, 0.15) is 23.9 Å². The molecule has 1 saturated carbocycles. The summed E-state index contributed by atoms with van der Waals surface area (Å²) < 4.78 is 28.0. The topological polar surface area (TPSA) is 76.4 Å². The molecule has 1 aromatic heterocycles. The molecule has 0 aliphatic heterocycles. The summed E-state index contributed by atoms with van der Waals surface area (Å²) >= 11 is 0. The summed E-state index contributed by atoms with van der Waals surface area (Å²) in [6.07, 6.45) is 2.37. The lowest BCUT2D eigenvalue weighted by Gasteiger charge is -2.41. The fraction of sp³-hybridized carbons (Fsp3) is 0.600. The Balaban J connectivity index is 2.23. The number of amides is 1. The van der Waals surface area contributed by atoms with E-state index in [2.05, 4.69) is 10.4 Å². The molecular formula is C10H15N3O3. The van der Waals surface area contributed by atoms with Crippen molar-refractivity contribution in [2.45, 2.75) is 31.5 Å². The summed E-state index contributed by atoms with van der Waals surface area (Å²) in [4.78, 5) is 10.5. The molecule has 16 heavy (non-hydrogen) atoms. The molecule has 1 aromatic rings. The highest BCUT2D eigenvalue weighted by Crippen LogP contribution is 2.36. The molecule has 0 saturated heterocycles. The predicted molar refractivity (Wildman–Crippen MR) is 57.2 cm³/mol. The molecule has 0 bridgehead atoms. The first-order valence-corrected chi connectivity index (χ1v) is 4.93. The molecule has 6 heteroatoms. The van der Waals surface area contributed by atoms with Crippen LogP contribution >= 0.6 is 0 Å². The van der Waals surface area contributed by atoms with Crippen molar-refractivity contribution >= 4 is 12.1 Å². The van der Waals surface area contributed by atoms with Crippen molar-refractivity contribution in [2.75, 3.05) is 5.32 Å². The number of rotatable bonds is 4. The zero-order valence-electron chi connectivity index (χ0n) is 11.8. The molecule has 0 radical (unpaired) electrons. The van der Waals surface area contributed by atoms with E-state index in [1.807, 2.05) is 0 Å². The molecule has 1 heterocycles. The van der Waals surface area contributed by atoms with Gasteiger partial charge in [0.2, 0.25) is 6.41 Å². The fourth-order valence-corrected chi connectivity index (χ4v) is 1.61. The third kappa shape index (κ3) is 1.88. The third-order valence-electron chi connectivity index (χ3n) is 2.75. The number of carbonyl (C=O) groups excluding carboxylic acids is 1. The van der Waals surface area contributed by atoms with Gasteiger partial charge in [0.15, 0.2) is 0 Å². The smallest absolute Gasteiger partial charge is 0.257 e. The highest BCUT2D eigenvalue weighted by Gasteiger charge is 2.43. The summed E-state index contributed by atoms with van der Waals surface area (Å²) in [5.74, 6) is -0.00630. The van der Waals surface area contributed by atoms with Crippen LogP contribution in [0.5, 0.6) is 5.88 Å². The number of hydrogen-bond donors (Lipinski definition) is 2. The number of ether oxygens (including phenoxy) is 1. The van der Waals surface area contributed by atoms with E-state index in [1.54, 1.807) is 6.92 Å². The molecule has 1 fully saturated rings. The van der Waals surface area contributed by atoms with Crippen molar-refractivity contribution < 1.29 is 18.8 Å². The standard InChI is InChI=1S/C10H15N3O3/c1-10(15)4-3-8(10)16-9-7(11-6-14)5-13(2)12-9/h5-6,8,15H,3-4H2,1-2H3,(H,11,14)/t8-,10+/m1/s1/i2D3. The Morgan fingerprint density at radius 2 is 2.75 bits per heavy atom. The van der Waals surface area contributed by atoms with Gasteiger partial charge in [0.25, 0.3) is 5.88 Å². The minimum absolute atomic E-state index is 0.00630. The zero-order chi connectivity index (χ0) is 14.3. The van der Waals surface area contributed by atoms with Crippen molar-refractivity contribution in [3.8, 4) is 5.88 Å². The first-order valence-electron chi connectivity index (χ1n) is 6.43. The van der Waals surface area contributed by atoms with Crippen LogP contribution in [0.25, 0.3) is 0 Å². The molecular weight excluding hydrogens is 210 g/mol. The minimum Gasteiger partial charge on any atom is -0.469 e. The number of anilines is 1. The highest BCUT2D eigenvalue weighted by molar-refractivity contribution is 5.73. The third-order valence-corrected chi connectivity index (χ3v) is 2.75. The molecule has 0 spiro atoms. The lowest BCUT2D eigenvalue weighted by molar-refractivity contribution is -0.119. The number of nitrogens with zero attached hydrogens (tertiary/aromatic N) is 2. The number of hydrogen-bond acceptors (Lipinski definition) is 4. The van der Waals surface area contributed by atoms with Gasteiger partial charge in [0.05, 0.1) is 11.8 Å². The second-order valence-electron chi connectivity index (χ2n) is 4.06. The Kier molecular flexibility index (Phi) is 1.81. The van der Waals surface area contributed by atoms with Gasteiger partial charge in [0.1, 0.15) is 11.8 Å². The SMILES string of the molecule is [2H]C([2H])([2H])n1cc(NC=O)c(O[C@@H]2CC[C@]2(C)O)n1. The number of aryl methyl sites for hydroxylation is 1. The number of carbonyl (C=O) groups is 1. The van der Waals surface area contributed by atoms with E-state index < -0.39 is 18.7 Å². The normalized spacial score (nSPS) is 31.9. The second-order valence-corrected chi connectivity index (χ2v) is 4.06. The van der Waals surface area contributed by atoms with Crippen LogP contribution < -0.4 is 10.1 Å². The predicted octanol–water partition coefficient (Wildman–Crippen LogP) is 0.281. The van der Waals surface area contributed by atoms with Gasteiger partial charge in [-0.3, -0.25) is 9.48 Å². The molecule has 88 valence electrons.